The van der Waals surface area contributed by atoms with Crippen molar-refractivity contribution in [1.29, 1.82) is 0 Å². The van der Waals surface area contributed by atoms with Crippen LogP contribution in [0, 0.1) is 24.4 Å². The maximum atomic E-state index is 14.5. The molecular weight excluding hydrogens is 441 g/mol. The van der Waals surface area contributed by atoms with Gasteiger partial charge < -0.3 is 5.32 Å². The molecule has 0 unspecified atom stereocenters. The first-order valence-electron chi connectivity index (χ1n) is 12.0. The second-order valence-corrected chi connectivity index (χ2v) is 7.36. The number of benzene rings is 2. The molecule has 168 valence electrons. The molecule has 5 aromatic rings. The number of fused-ring (bicyclic) bond motifs is 1. The van der Waals surface area contributed by atoms with Gasteiger partial charge in [-0.2, -0.15) is 0 Å². The summed E-state index contributed by atoms with van der Waals surface area (Å²) in [6.07, 6.45) is 4.64. The van der Waals surface area contributed by atoms with Gasteiger partial charge in [0.25, 0.3) is 5.91 Å². The Morgan fingerprint density at radius 3 is 2.56 bits per heavy atom. The van der Waals surface area contributed by atoms with E-state index in [-0.39, 0.29) is 17.0 Å². The van der Waals surface area contributed by atoms with Gasteiger partial charge in [0.05, 0.1) is 34.0 Å². The number of pyridine rings is 2. The minimum absolute atomic E-state index is 0.0246. The Morgan fingerprint density at radius 1 is 1.00 bits per heavy atom. The lowest BCUT2D eigenvalue weighted by Crippen LogP contribution is -2.14. The van der Waals surface area contributed by atoms with Crippen molar-refractivity contribution < 1.29 is 23.4 Å². The lowest BCUT2D eigenvalue weighted by atomic mass is 10.0. The van der Waals surface area contributed by atoms with Gasteiger partial charge in [-0.25, -0.2) is 18.2 Å². The molecule has 0 radical (unpaired) electrons. The van der Waals surface area contributed by atoms with Crippen LogP contribution in [0.2, 0.25) is 0 Å². The van der Waals surface area contributed by atoms with Gasteiger partial charge in [-0.15, -0.1) is 0 Å². The molecule has 8 heteroatoms. The first-order valence-corrected chi connectivity index (χ1v) is 10.0. The highest BCUT2D eigenvalue weighted by molar-refractivity contribution is 6.05. The summed E-state index contributed by atoms with van der Waals surface area (Å²) >= 11 is 0. The summed E-state index contributed by atoms with van der Waals surface area (Å²) < 4.78 is 74.9. The van der Waals surface area contributed by atoms with Crippen molar-refractivity contribution in [2.75, 3.05) is 5.32 Å². The quantitative estimate of drug-likeness (QED) is 0.354. The van der Waals surface area contributed by atoms with E-state index in [1.165, 1.54) is 30.6 Å². The molecule has 3 heterocycles. The summed E-state index contributed by atoms with van der Waals surface area (Å²) in [5.74, 6) is -3.94. The van der Waals surface area contributed by atoms with E-state index in [1.807, 2.05) is 0 Å². The molecule has 0 spiro atoms. The topological polar surface area (TPSA) is 59.3 Å². The van der Waals surface area contributed by atoms with Gasteiger partial charge in [0.2, 0.25) is 0 Å². The van der Waals surface area contributed by atoms with Crippen molar-refractivity contribution in [3.8, 4) is 22.5 Å². The monoisotopic (exact) mass is 462 g/mol. The maximum Gasteiger partial charge on any atom is 0.257 e. The molecule has 2 aromatic carbocycles. The third kappa shape index (κ3) is 3.79. The van der Waals surface area contributed by atoms with E-state index >= 15 is 0 Å². The number of aryl methyl sites for hydroxylation is 1. The van der Waals surface area contributed by atoms with E-state index in [4.69, 9.17) is 5.48 Å². The normalized spacial score (nSPS) is 12.7. The van der Waals surface area contributed by atoms with E-state index in [0.717, 1.165) is 6.07 Å². The molecule has 5 nitrogen and oxygen atoms in total. The second kappa shape index (κ2) is 8.47. The van der Waals surface area contributed by atoms with Gasteiger partial charge in [-0.1, -0.05) is 12.1 Å². The lowest BCUT2D eigenvalue weighted by Gasteiger charge is -2.11. The molecule has 5 rings (SSSR count). The summed E-state index contributed by atoms with van der Waals surface area (Å²) in [6.45, 7) is 1.57. The van der Waals surface area contributed by atoms with Crippen LogP contribution in [0.1, 0.15) is 21.5 Å². The number of halogens is 3. The SMILES string of the molecule is [2H]c1c([2H])c(NC(=O)c2cc(-c3cccn4c(-c5cccc(F)c5F)ncc34)cnc2C)c([2H])c([2H])c1F. The molecule has 0 aliphatic carbocycles. The molecule has 1 amide bonds. The van der Waals surface area contributed by atoms with Crippen molar-refractivity contribution >= 4 is 17.1 Å². The number of rotatable bonds is 4. The lowest BCUT2D eigenvalue weighted by molar-refractivity contribution is 0.102. The van der Waals surface area contributed by atoms with Crippen LogP contribution in [0.3, 0.4) is 0 Å². The zero-order valence-corrected chi connectivity index (χ0v) is 17.6. The number of aromatic nitrogens is 3. The number of hydrogen-bond donors (Lipinski definition) is 1. The molecule has 1 N–H and O–H groups in total. The van der Waals surface area contributed by atoms with Crippen LogP contribution in [0.25, 0.3) is 28.0 Å². The predicted molar refractivity (Wildman–Crippen MR) is 123 cm³/mol. The van der Waals surface area contributed by atoms with Gasteiger partial charge in [-0.3, -0.25) is 14.2 Å². The fourth-order valence-electron chi connectivity index (χ4n) is 3.59. The van der Waals surface area contributed by atoms with E-state index in [1.54, 1.807) is 29.7 Å². The summed E-state index contributed by atoms with van der Waals surface area (Å²) in [6, 6.07) is 5.49. The average molecular weight is 462 g/mol. The van der Waals surface area contributed by atoms with Gasteiger partial charge in [-0.05, 0) is 55.4 Å². The second-order valence-electron chi connectivity index (χ2n) is 7.36. The fourth-order valence-corrected chi connectivity index (χ4v) is 3.59. The van der Waals surface area contributed by atoms with Crippen LogP contribution in [0.4, 0.5) is 18.9 Å². The highest BCUT2D eigenvalue weighted by Crippen LogP contribution is 2.30. The minimum Gasteiger partial charge on any atom is -0.322 e. The Kier molecular flexibility index (Phi) is 4.26. The van der Waals surface area contributed by atoms with Crippen LogP contribution in [-0.2, 0) is 0 Å². The third-order valence-electron chi connectivity index (χ3n) is 5.24. The Hall–Kier alpha value is -4.46. The Balaban J connectivity index is 1.57. The van der Waals surface area contributed by atoms with E-state index in [9.17, 15) is 18.0 Å². The Morgan fingerprint density at radius 2 is 1.76 bits per heavy atom. The van der Waals surface area contributed by atoms with Crippen molar-refractivity contribution in [2.45, 2.75) is 6.92 Å². The van der Waals surface area contributed by atoms with Gasteiger partial charge >= 0.3 is 0 Å². The van der Waals surface area contributed by atoms with Crippen LogP contribution >= 0.6 is 0 Å². The highest BCUT2D eigenvalue weighted by atomic mass is 19.2. The number of carbonyl (C=O) groups is 1. The van der Waals surface area contributed by atoms with E-state index in [0.29, 0.717) is 22.3 Å². The first kappa shape index (κ1) is 17.1. The number of amides is 1. The number of imidazole rings is 1. The first-order chi connectivity index (χ1) is 18.1. The zero-order chi connectivity index (χ0) is 27.3. The molecule has 0 aliphatic rings. The number of anilines is 1. The van der Waals surface area contributed by atoms with Crippen LogP contribution < -0.4 is 5.32 Å². The summed E-state index contributed by atoms with van der Waals surface area (Å²) in [5.41, 5.74) is 1.49. The number of hydrogen-bond acceptors (Lipinski definition) is 3. The number of nitrogens with zero attached hydrogens (tertiary/aromatic N) is 3. The van der Waals surface area contributed by atoms with Gasteiger partial charge in [0, 0.05) is 29.2 Å². The van der Waals surface area contributed by atoms with Crippen molar-refractivity contribution in [1.82, 2.24) is 14.4 Å². The van der Waals surface area contributed by atoms with Gasteiger partial charge in [0.15, 0.2) is 11.6 Å². The third-order valence-corrected chi connectivity index (χ3v) is 5.24. The summed E-state index contributed by atoms with van der Waals surface area (Å²) in [4.78, 5) is 21.7. The molecule has 0 atom stereocenters. The van der Waals surface area contributed by atoms with Crippen LogP contribution in [0.5, 0.6) is 0 Å². The molecule has 0 saturated heterocycles. The Bertz CT molecular complexity index is 1750. The molecule has 0 saturated carbocycles. The molecule has 0 fully saturated rings. The smallest absolute Gasteiger partial charge is 0.257 e. The number of nitrogens with one attached hydrogen (secondary N) is 1. The zero-order valence-electron chi connectivity index (χ0n) is 21.6. The van der Waals surface area contributed by atoms with E-state index < -0.39 is 53.2 Å². The van der Waals surface area contributed by atoms with Crippen LogP contribution in [-0.4, -0.2) is 20.3 Å². The number of carbonyl (C=O) groups excluding carboxylic acids is 1. The molecule has 34 heavy (non-hydrogen) atoms. The van der Waals surface area contributed by atoms with Gasteiger partial charge in [0.1, 0.15) is 11.6 Å². The van der Waals surface area contributed by atoms with Crippen molar-refractivity contribution in [3.05, 3.63) is 108 Å². The summed E-state index contributed by atoms with van der Waals surface area (Å²) in [7, 11) is 0. The maximum absolute atomic E-state index is 14.5. The largest absolute Gasteiger partial charge is 0.322 e. The van der Waals surface area contributed by atoms with Crippen LogP contribution in [0.15, 0.2) is 79.2 Å². The molecule has 0 aliphatic heterocycles. The fraction of sp³-hybridized carbons (Fsp3) is 0.0385. The summed E-state index contributed by atoms with van der Waals surface area (Å²) in [5, 5.41) is 2.34. The minimum atomic E-state index is -1.32. The van der Waals surface area contributed by atoms with Crippen molar-refractivity contribution in [2.24, 2.45) is 0 Å². The Labute approximate surface area is 198 Å². The molecule has 3 aromatic heterocycles. The predicted octanol–water partition coefficient (Wildman–Crippen LogP) is 6.04. The average Bonchev–Trinajstić information content (AvgIpc) is 3.35. The van der Waals surface area contributed by atoms with E-state index in [2.05, 4.69) is 15.3 Å². The standard InChI is InChI=1S/C26H17F3N4O/c1-15-21(26(34)32-18-9-7-17(27)8-10-18)12-16(13-30-15)19-5-3-11-33-23(19)14-31-25(33)20-4-2-6-22(28)24(20)29/h2-14H,1H3,(H,32,34)/i7D,8D,9D,10D. The van der Waals surface area contributed by atoms with Crippen molar-refractivity contribution in [3.63, 3.8) is 0 Å². The highest BCUT2D eigenvalue weighted by Gasteiger charge is 2.18. The molecular formula is C26H17F3N4O. The molecule has 0 bridgehead atoms.